The van der Waals surface area contributed by atoms with Gasteiger partial charge in [0.25, 0.3) is 5.89 Å². The highest BCUT2D eigenvalue weighted by atomic mass is 16.5. The number of hydrogen-bond acceptors (Lipinski definition) is 5. The van der Waals surface area contributed by atoms with Crippen LogP contribution in [0.3, 0.4) is 0 Å². The van der Waals surface area contributed by atoms with Gasteiger partial charge in [-0.05, 0) is 37.1 Å². The summed E-state index contributed by atoms with van der Waals surface area (Å²) < 4.78 is 5.38. The van der Waals surface area contributed by atoms with E-state index in [9.17, 15) is 4.79 Å². The molecule has 0 N–H and O–H groups in total. The fourth-order valence-electron chi connectivity index (χ4n) is 3.53. The first-order chi connectivity index (χ1) is 13.6. The molecule has 0 spiro atoms. The van der Waals surface area contributed by atoms with Crippen LogP contribution in [0, 0.1) is 18.3 Å². The van der Waals surface area contributed by atoms with E-state index in [1.807, 2.05) is 17.0 Å². The van der Waals surface area contributed by atoms with Gasteiger partial charge in [-0.2, -0.15) is 10.2 Å². The second-order valence-electron chi connectivity index (χ2n) is 7.13. The number of aryl methyl sites for hydroxylation is 1. The van der Waals surface area contributed by atoms with Crippen LogP contribution in [0.5, 0.6) is 0 Å². The number of benzene rings is 2. The molecule has 6 heteroatoms. The number of carbonyl (C=O) groups is 1. The van der Waals surface area contributed by atoms with Crippen molar-refractivity contribution in [1.82, 2.24) is 15.0 Å². The van der Waals surface area contributed by atoms with E-state index in [4.69, 9.17) is 9.78 Å². The molecule has 2 aromatic carbocycles. The third-order valence-electron chi connectivity index (χ3n) is 5.01. The number of carbonyl (C=O) groups excluding carboxylic acids is 1. The highest BCUT2D eigenvalue weighted by Gasteiger charge is 2.33. The average molecular weight is 372 g/mol. The predicted octanol–water partition coefficient (Wildman–Crippen LogP) is 3.48. The zero-order valence-electron chi connectivity index (χ0n) is 15.6. The average Bonchev–Trinajstić information content (AvgIpc) is 3.33. The first-order valence-electron chi connectivity index (χ1n) is 9.30. The molecule has 2 heterocycles. The van der Waals surface area contributed by atoms with Crippen LogP contribution in [0.25, 0.3) is 11.5 Å². The molecule has 6 nitrogen and oxygen atoms in total. The highest BCUT2D eigenvalue weighted by Crippen LogP contribution is 2.28. The molecule has 1 aromatic heterocycles. The molecule has 0 saturated carbocycles. The van der Waals surface area contributed by atoms with Crippen molar-refractivity contribution >= 4 is 5.91 Å². The van der Waals surface area contributed by atoms with E-state index in [-0.39, 0.29) is 11.8 Å². The Kier molecular flexibility index (Phi) is 4.90. The van der Waals surface area contributed by atoms with Crippen molar-refractivity contribution in [2.24, 2.45) is 0 Å². The van der Waals surface area contributed by atoms with Crippen LogP contribution in [0.4, 0.5) is 0 Å². The third kappa shape index (κ3) is 3.79. The van der Waals surface area contributed by atoms with E-state index in [2.05, 4.69) is 41.3 Å². The Morgan fingerprint density at radius 3 is 2.93 bits per heavy atom. The van der Waals surface area contributed by atoms with Gasteiger partial charge >= 0.3 is 0 Å². The van der Waals surface area contributed by atoms with Gasteiger partial charge in [0, 0.05) is 31.0 Å². The first-order valence-corrected chi connectivity index (χ1v) is 9.30. The molecule has 1 saturated heterocycles. The van der Waals surface area contributed by atoms with Crippen molar-refractivity contribution < 1.29 is 9.32 Å². The molecule has 1 aliphatic heterocycles. The van der Waals surface area contributed by atoms with Crippen molar-refractivity contribution in [3.05, 3.63) is 71.0 Å². The monoisotopic (exact) mass is 372 g/mol. The quantitative estimate of drug-likeness (QED) is 0.685. The second-order valence-corrected chi connectivity index (χ2v) is 7.13. The van der Waals surface area contributed by atoms with Gasteiger partial charge in [-0.3, -0.25) is 4.79 Å². The van der Waals surface area contributed by atoms with Crippen molar-refractivity contribution in [3.63, 3.8) is 0 Å². The van der Waals surface area contributed by atoms with E-state index in [1.54, 1.807) is 18.2 Å². The number of likely N-dealkylation sites (tertiary alicyclic amines) is 1. The highest BCUT2D eigenvalue weighted by molar-refractivity contribution is 5.79. The molecular weight excluding hydrogens is 352 g/mol. The van der Waals surface area contributed by atoms with Gasteiger partial charge in [-0.1, -0.05) is 41.1 Å². The van der Waals surface area contributed by atoms with Gasteiger partial charge in [0.1, 0.15) is 0 Å². The summed E-state index contributed by atoms with van der Waals surface area (Å²) in [6, 6.07) is 17.5. The summed E-state index contributed by atoms with van der Waals surface area (Å²) in [5, 5.41) is 13.1. The Morgan fingerprint density at radius 1 is 1.25 bits per heavy atom. The standard InChI is InChI=1S/C22H20N4O2/c1-15-4-2-5-16(10-15)8-9-26-14-19(12-20(26)27)21-24-22(28-25-21)18-7-3-6-17(11-18)13-23/h2-7,10-11,19H,8-9,12,14H2,1H3. The lowest BCUT2D eigenvalue weighted by molar-refractivity contribution is -0.127. The molecule has 0 radical (unpaired) electrons. The lowest BCUT2D eigenvalue weighted by atomic mass is 10.1. The SMILES string of the molecule is Cc1cccc(CCN2CC(c3noc(-c4cccc(C#N)c4)n3)CC2=O)c1. The van der Waals surface area contributed by atoms with Crippen molar-refractivity contribution in [3.8, 4) is 17.5 Å². The Bertz CT molecular complexity index is 1050. The van der Waals surface area contributed by atoms with Crippen LogP contribution in [0.1, 0.15) is 34.9 Å². The van der Waals surface area contributed by atoms with E-state index < -0.39 is 0 Å². The molecule has 1 fully saturated rings. The molecular formula is C22H20N4O2. The van der Waals surface area contributed by atoms with Crippen LogP contribution in [0.15, 0.2) is 53.1 Å². The summed E-state index contributed by atoms with van der Waals surface area (Å²) in [6.45, 7) is 3.36. The maximum atomic E-state index is 12.4. The minimum atomic E-state index is -0.0679. The summed E-state index contributed by atoms with van der Waals surface area (Å²) in [5.74, 6) is 0.971. The van der Waals surface area contributed by atoms with Gasteiger partial charge in [0.2, 0.25) is 5.91 Å². The summed E-state index contributed by atoms with van der Waals surface area (Å²) in [6.07, 6.45) is 1.23. The minimum absolute atomic E-state index is 0.0679. The van der Waals surface area contributed by atoms with E-state index in [1.165, 1.54) is 11.1 Å². The lowest BCUT2D eigenvalue weighted by Gasteiger charge is -2.16. The Hall–Kier alpha value is -3.46. The molecule has 140 valence electrons. The molecule has 28 heavy (non-hydrogen) atoms. The number of hydrogen-bond donors (Lipinski definition) is 0. The Labute approximate surface area is 163 Å². The topological polar surface area (TPSA) is 83.0 Å². The second kappa shape index (κ2) is 7.65. The molecule has 0 aliphatic carbocycles. The van der Waals surface area contributed by atoms with Crippen molar-refractivity contribution in [2.75, 3.05) is 13.1 Å². The summed E-state index contributed by atoms with van der Waals surface area (Å²) >= 11 is 0. The van der Waals surface area contributed by atoms with E-state index >= 15 is 0 Å². The zero-order chi connectivity index (χ0) is 19.5. The normalized spacial score (nSPS) is 16.4. The van der Waals surface area contributed by atoms with Crippen molar-refractivity contribution in [2.45, 2.75) is 25.7 Å². The predicted molar refractivity (Wildman–Crippen MR) is 103 cm³/mol. The van der Waals surface area contributed by atoms with Crippen LogP contribution in [-0.2, 0) is 11.2 Å². The van der Waals surface area contributed by atoms with Gasteiger partial charge in [-0.15, -0.1) is 0 Å². The van der Waals surface area contributed by atoms with Crippen molar-refractivity contribution in [1.29, 1.82) is 5.26 Å². The summed E-state index contributed by atoms with van der Waals surface area (Å²) in [7, 11) is 0. The van der Waals surface area contributed by atoms with Gasteiger partial charge in [0.05, 0.1) is 11.6 Å². The molecule has 3 aromatic rings. The van der Waals surface area contributed by atoms with Crippen LogP contribution in [0.2, 0.25) is 0 Å². The Balaban J connectivity index is 1.43. The van der Waals surface area contributed by atoms with E-state index in [0.29, 0.717) is 42.4 Å². The van der Waals surface area contributed by atoms with Crippen LogP contribution < -0.4 is 0 Å². The maximum Gasteiger partial charge on any atom is 0.257 e. The summed E-state index contributed by atoms with van der Waals surface area (Å²) in [5.41, 5.74) is 3.70. The number of amides is 1. The molecule has 1 amide bonds. The van der Waals surface area contributed by atoms with Gasteiger partial charge in [0.15, 0.2) is 5.82 Å². The number of rotatable bonds is 5. The Morgan fingerprint density at radius 2 is 2.11 bits per heavy atom. The van der Waals surface area contributed by atoms with Gasteiger partial charge < -0.3 is 9.42 Å². The third-order valence-corrected chi connectivity index (χ3v) is 5.01. The maximum absolute atomic E-state index is 12.4. The molecule has 1 unspecified atom stereocenters. The number of aromatic nitrogens is 2. The minimum Gasteiger partial charge on any atom is -0.342 e. The lowest BCUT2D eigenvalue weighted by Crippen LogP contribution is -2.27. The largest absolute Gasteiger partial charge is 0.342 e. The smallest absolute Gasteiger partial charge is 0.257 e. The van der Waals surface area contributed by atoms with Crippen LogP contribution >= 0.6 is 0 Å². The number of nitriles is 1. The van der Waals surface area contributed by atoms with Gasteiger partial charge in [-0.25, -0.2) is 0 Å². The van der Waals surface area contributed by atoms with E-state index in [0.717, 1.165) is 6.42 Å². The molecule has 1 atom stereocenters. The fourth-order valence-corrected chi connectivity index (χ4v) is 3.53. The summed E-state index contributed by atoms with van der Waals surface area (Å²) in [4.78, 5) is 18.8. The van der Waals surface area contributed by atoms with Crippen LogP contribution in [-0.4, -0.2) is 34.0 Å². The number of nitrogens with zero attached hydrogens (tertiary/aromatic N) is 4. The molecule has 1 aliphatic rings. The molecule has 4 rings (SSSR count). The first kappa shape index (κ1) is 17.9. The zero-order valence-corrected chi connectivity index (χ0v) is 15.6. The fraction of sp³-hybridized carbons (Fsp3) is 0.273. The molecule has 0 bridgehead atoms.